The molecule has 5 nitrogen and oxygen atoms in total. The van der Waals surface area contributed by atoms with E-state index in [9.17, 15) is 4.79 Å². The Morgan fingerprint density at radius 3 is 2.63 bits per heavy atom. The van der Waals surface area contributed by atoms with Crippen LogP contribution in [0.4, 0.5) is 0 Å². The molecule has 2 heterocycles. The Morgan fingerprint density at radius 1 is 1.10 bits per heavy atom. The third-order valence-corrected chi connectivity index (χ3v) is 6.14. The van der Waals surface area contributed by atoms with Crippen LogP contribution in [-0.2, 0) is 4.79 Å². The summed E-state index contributed by atoms with van der Waals surface area (Å²) in [6.07, 6.45) is 4.31. The fourth-order valence-electron chi connectivity index (χ4n) is 4.53. The maximum atomic E-state index is 13.3. The highest BCUT2D eigenvalue weighted by molar-refractivity contribution is 6.04. The highest BCUT2D eigenvalue weighted by atomic mass is 16.5. The largest absolute Gasteiger partial charge is 0.497 e. The maximum absolute atomic E-state index is 13.3. The molecular weight excluding hydrogens is 374 g/mol. The first-order chi connectivity index (χ1) is 14.5. The number of methoxy groups -OCH3 is 1. The lowest BCUT2D eigenvalue weighted by Crippen LogP contribution is -2.40. The number of hydrazone groups is 1. The normalized spacial score (nSPS) is 19.6. The number of ether oxygens (including phenoxy) is 1. The van der Waals surface area contributed by atoms with E-state index in [1.807, 2.05) is 18.2 Å². The van der Waals surface area contributed by atoms with E-state index in [-0.39, 0.29) is 11.9 Å². The van der Waals surface area contributed by atoms with Crippen molar-refractivity contribution in [1.82, 2.24) is 9.91 Å². The molecule has 4 rings (SSSR count). The Labute approximate surface area is 179 Å². The van der Waals surface area contributed by atoms with Crippen molar-refractivity contribution in [3.8, 4) is 5.75 Å². The summed E-state index contributed by atoms with van der Waals surface area (Å²) in [5.74, 6) is 0.875. The summed E-state index contributed by atoms with van der Waals surface area (Å²) in [7, 11) is 1.67. The van der Waals surface area contributed by atoms with Crippen LogP contribution < -0.4 is 4.74 Å². The molecule has 0 saturated carbocycles. The fourth-order valence-corrected chi connectivity index (χ4v) is 4.53. The van der Waals surface area contributed by atoms with Crippen molar-refractivity contribution in [1.29, 1.82) is 0 Å². The fraction of sp³-hybridized carbons (Fsp3) is 0.440. The molecule has 30 heavy (non-hydrogen) atoms. The van der Waals surface area contributed by atoms with Gasteiger partial charge in [0.1, 0.15) is 5.75 Å². The minimum Gasteiger partial charge on any atom is -0.497 e. The number of nitrogens with zero attached hydrogens (tertiary/aromatic N) is 3. The molecule has 2 aliphatic rings. The van der Waals surface area contributed by atoms with Gasteiger partial charge in [-0.3, -0.25) is 9.69 Å². The van der Waals surface area contributed by atoms with E-state index in [0.29, 0.717) is 13.0 Å². The van der Waals surface area contributed by atoms with E-state index in [2.05, 4.69) is 43.0 Å². The molecule has 0 N–H and O–H groups in total. The molecule has 0 aliphatic carbocycles. The second-order valence-corrected chi connectivity index (χ2v) is 8.44. The number of carbonyl (C=O) groups excluding carboxylic acids is 1. The average molecular weight is 406 g/mol. The molecule has 2 aromatic rings. The van der Waals surface area contributed by atoms with Gasteiger partial charge in [0.15, 0.2) is 0 Å². The van der Waals surface area contributed by atoms with E-state index in [1.165, 1.54) is 30.4 Å². The summed E-state index contributed by atoms with van der Waals surface area (Å²) in [6, 6.07) is 14.3. The van der Waals surface area contributed by atoms with Gasteiger partial charge >= 0.3 is 0 Å². The van der Waals surface area contributed by atoms with E-state index in [4.69, 9.17) is 9.84 Å². The van der Waals surface area contributed by atoms with Crippen LogP contribution in [0.3, 0.4) is 0 Å². The summed E-state index contributed by atoms with van der Waals surface area (Å²) in [5, 5.41) is 6.58. The number of benzene rings is 2. The molecule has 1 amide bonds. The lowest BCUT2D eigenvalue weighted by Gasteiger charge is -2.29. The predicted octanol–water partition coefficient (Wildman–Crippen LogP) is 4.48. The van der Waals surface area contributed by atoms with E-state index in [0.717, 1.165) is 35.7 Å². The third kappa shape index (κ3) is 4.41. The summed E-state index contributed by atoms with van der Waals surface area (Å²) in [4.78, 5) is 15.6. The minimum absolute atomic E-state index is 0.0736. The number of piperidine rings is 1. The van der Waals surface area contributed by atoms with Crippen LogP contribution in [0.1, 0.15) is 54.0 Å². The van der Waals surface area contributed by atoms with E-state index >= 15 is 0 Å². The van der Waals surface area contributed by atoms with Crippen LogP contribution in [0.5, 0.6) is 5.75 Å². The molecular formula is C25H31N3O2. The van der Waals surface area contributed by atoms with Crippen molar-refractivity contribution in [3.05, 3.63) is 64.7 Å². The first kappa shape index (κ1) is 20.6. The Morgan fingerprint density at radius 2 is 1.90 bits per heavy atom. The summed E-state index contributed by atoms with van der Waals surface area (Å²) < 4.78 is 5.43. The molecule has 1 atom stereocenters. The Balaban J connectivity index is 1.64. The molecule has 2 aromatic carbocycles. The van der Waals surface area contributed by atoms with Crippen molar-refractivity contribution in [3.63, 3.8) is 0 Å². The molecule has 158 valence electrons. The maximum Gasteiger partial charge on any atom is 0.257 e. The molecule has 0 aromatic heterocycles. The van der Waals surface area contributed by atoms with Gasteiger partial charge in [-0.1, -0.05) is 42.3 Å². The summed E-state index contributed by atoms with van der Waals surface area (Å²) in [6.45, 7) is 6.64. The molecule has 0 unspecified atom stereocenters. The highest BCUT2D eigenvalue weighted by Gasteiger charge is 2.34. The highest BCUT2D eigenvalue weighted by Crippen LogP contribution is 2.35. The zero-order chi connectivity index (χ0) is 21.1. The topological polar surface area (TPSA) is 45.1 Å². The average Bonchev–Trinajstić information content (AvgIpc) is 3.20. The smallest absolute Gasteiger partial charge is 0.257 e. The van der Waals surface area contributed by atoms with Crippen LogP contribution in [0.2, 0.25) is 0 Å². The molecule has 5 heteroatoms. The van der Waals surface area contributed by atoms with Crippen molar-refractivity contribution >= 4 is 11.6 Å². The number of carbonyl (C=O) groups is 1. The van der Waals surface area contributed by atoms with Gasteiger partial charge in [-0.25, -0.2) is 5.01 Å². The third-order valence-electron chi connectivity index (χ3n) is 6.14. The monoisotopic (exact) mass is 405 g/mol. The van der Waals surface area contributed by atoms with E-state index in [1.54, 1.807) is 12.1 Å². The number of hydrogen-bond donors (Lipinski definition) is 0. The molecule has 1 saturated heterocycles. The molecule has 1 fully saturated rings. The predicted molar refractivity (Wildman–Crippen MR) is 120 cm³/mol. The van der Waals surface area contributed by atoms with Crippen LogP contribution in [0, 0.1) is 13.8 Å². The molecule has 2 aliphatic heterocycles. The van der Waals surface area contributed by atoms with Crippen LogP contribution in [0.15, 0.2) is 47.6 Å². The van der Waals surface area contributed by atoms with Crippen molar-refractivity contribution < 1.29 is 9.53 Å². The van der Waals surface area contributed by atoms with Gasteiger partial charge < -0.3 is 4.74 Å². The van der Waals surface area contributed by atoms with Crippen molar-refractivity contribution in [2.45, 2.75) is 45.6 Å². The van der Waals surface area contributed by atoms with Gasteiger partial charge in [-0.2, -0.15) is 5.10 Å². The van der Waals surface area contributed by atoms with Crippen LogP contribution >= 0.6 is 0 Å². The second-order valence-electron chi connectivity index (χ2n) is 8.44. The van der Waals surface area contributed by atoms with Crippen molar-refractivity contribution in [2.24, 2.45) is 5.10 Å². The van der Waals surface area contributed by atoms with Crippen LogP contribution in [-0.4, -0.2) is 48.3 Å². The standard InChI is InChI=1S/C25H31N3O2/c1-18-10-11-22(19(2)14-18)23-16-24(20-8-7-9-21(15-20)30-3)28(26-23)25(29)17-27-12-5-4-6-13-27/h7-11,14-15,24H,4-6,12-13,16-17H2,1-3H3/t24-/m0/s1. The van der Waals surface area contributed by atoms with Gasteiger partial charge in [0.25, 0.3) is 5.91 Å². The first-order valence-electron chi connectivity index (χ1n) is 10.9. The quantitative estimate of drug-likeness (QED) is 0.737. The SMILES string of the molecule is COc1cccc([C@@H]2CC(c3ccc(C)cc3C)=NN2C(=O)CN2CCCCC2)c1. The lowest BCUT2D eigenvalue weighted by molar-refractivity contribution is -0.134. The van der Waals surface area contributed by atoms with Gasteiger partial charge in [0, 0.05) is 12.0 Å². The Hall–Kier alpha value is -2.66. The first-order valence-corrected chi connectivity index (χ1v) is 10.9. The Kier molecular flexibility index (Phi) is 6.18. The number of amides is 1. The summed E-state index contributed by atoms with van der Waals surface area (Å²) in [5.41, 5.74) is 5.60. The van der Waals surface area contributed by atoms with Gasteiger partial charge in [-0.15, -0.1) is 0 Å². The van der Waals surface area contributed by atoms with Crippen LogP contribution in [0.25, 0.3) is 0 Å². The number of rotatable bonds is 5. The zero-order valence-electron chi connectivity index (χ0n) is 18.2. The minimum atomic E-state index is -0.104. The number of hydrogen-bond acceptors (Lipinski definition) is 4. The number of aryl methyl sites for hydroxylation is 2. The Bertz CT molecular complexity index is 947. The van der Waals surface area contributed by atoms with Gasteiger partial charge in [0.05, 0.1) is 25.4 Å². The zero-order valence-corrected chi connectivity index (χ0v) is 18.2. The molecule has 0 bridgehead atoms. The lowest BCUT2D eigenvalue weighted by atomic mass is 9.95. The molecule has 0 radical (unpaired) electrons. The van der Waals surface area contributed by atoms with E-state index < -0.39 is 0 Å². The molecule has 0 spiro atoms. The van der Waals surface area contributed by atoms with Gasteiger partial charge in [-0.05, 0) is 63.0 Å². The van der Waals surface area contributed by atoms with Gasteiger partial charge in [0.2, 0.25) is 0 Å². The van der Waals surface area contributed by atoms with Crippen molar-refractivity contribution in [2.75, 3.05) is 26.7 Å². The summed E-state index contributed by atoms with van der Waals surface area (Å²) >= 11 is 0. The second kappa shape index (κ2) is 9.00. The number of likely N-dealkylation sites (tertiary alicyclic amines) is 1.